The summed E-state index contributed by atoms with van der Waals surface area (Å²) in [6, 6.07) is 18.4. The number of aromatic nitrogens is 3. The van der Waals surface area contributed by atoms with Gasteiger partial charge in [-0.05, 0) is 54.3 Å². The van der Waals surface area contributed by atoms with E-state index in [1.165, 1.54) is 10.2 Å². The van der Waals surface area contributed by atoms with Gasteiger partial charge in [0.1, 0.15) is 5.69 Å². The number of phenolic OH excluding ortho intramolecular Hbond substituents is 1. The lowest BCUT2D eigenvalue weighted by molar-refractivity contribution is 0.478. The predicted molar refractivity (Wildman–Crippen MR) is 125 cm³/mol. The molecule has 4 aromatic rings. The molecule has 0 atom stereocenters. The van der Waals surface area contributed by atoms with E-state index in [0.29, 0.717) is 22.6 Å². The van der Waals surface area contributed by atoms with E-state index in [2.05, 4.69) is 41.1 Å². The minimum atomic E-state index is -0.310. The van der Waals surface area contributed by atoms with Crippen LogP contribution in [0.15, 0.2) is 81.9 Å². The third kappa shape index (κ3) is 4.09. The van der Waals surface area contributed by atoms with Crippen LogP contribution in [0, 0.1) is 6.92 Å². The SMILES string of the molecule is Cc1[nH]n(-c2ccc(C(C)(C)C)cc2)c(=O)c1N=Nc1cccc(-c2ccccn2)c1O. The molecule has 0 amide bonds. The van der Waals surface area contributed by atoms with Crippen molar-refractivity contribution in [2.75, 3.05) is 0 Å². The Kier molecular flexibility index (Phi) is 5.48. The molecule has 0 fully saturated rings. The van der Waals surface area contributed by atoms with Crippen molar-refractivity contribution in [3.8, 4) is 22.7 Å². The van der Waals surface area contributed by atoms with Crippen molar-refractivity contribution in [2.24, 2.45) is 10.2 Å². The minimum Gasteiger partial charge on any atom is -0.505 e. The van der Waals surface area contributed by atoms with E-state index in [4.69, 9.17) is 0 Å². The van der Waals surface area contributed by atoms with Crippen molar-refractivity contribution in [3.05, 3.63) is 88.5 Å². The minimum absolute atomic E-state index is 0.0281. The Labute approximate surface area is 186 Å². The number of H-pyrrole nitrogens is 1. The van der Waals surface area contributed by atoms with Gasteiger partial charge in [0.05, 0.1) is 17.1 Å². The highest BCUT2D eigenvalue weighted by Gasteiger charge is 2.16. The molecule has 7 heteroatoms. The number of aryl methyl sites for hydroxylation is 1. The van der Waals surface area contributed by atoms with E-state index in [0.717, 1.165) is 0 Å². The summed E-state index contributed by atoms with van der Waals surface area (Å²) in [5.41, 5.74) is 3.81. The number of nitrogens with zero attached hydrogens (tertiary/aromatic N) is 4. The van der Waals surface area contributed by atoms with Gasteiger partial charge in [0.25, 0.3) is 5.56 Å². The Hall–Kier alpha value is -4.00. The number of aromatic hydroxyl groups is 1. The van der Waals surface area contributed by atoms with Crippen LogP contribution in [-0.2, 0) is 5.41 Å². The van der Waals surface area contributed by atoms with E-state index < -0.39 is 0 Å². The Morgan fingerprint density at radius 3 is 2.38 bits per heavy atom. The first-order chi connectivity index (χ1) is 15.3. The molecule has 0 saturated carbocycles. The molecule has 2 aromatic carbocycles. The predicted octanol–water partition coefficient (Wildman–Crippen LogP) is 5.95. The number of phenols is 1. The Bertz CT molecular complexity index is 1330. The molecule has 0 aliphatic rings. The van der Waals surface area contributed by atoms with Crippen LogP contribution in [-0.4, -0.2) is 19.9 Å². The van der Waals surface area contributed by atoms with Crippen LogP contribution >= 0.6 is 0 Å². The zero-order valence-corrected chi connectivity index (χ0v) is 18.5. The standard InChI is InChI=1S/C25H25N5O2/c1-16-22(24(32)30(29-16)18-13-11-17(12-14-18)25(2,3)4)28-27-21-10-7-8-19(23(21)31)20-9-5-6-15-26-20/h5-15,29,31H,1-4H3. The molecule has 2 aromatic heterocycles. The van der Waals surface area contributed by atoms with Gasteiger partial charge in [0, 0.05) is 11.8 Å². The molecule has 7 nitrogen and oxygen atoms in total. The van der Waals surface area contributed by atoms with Gasteiger partial charge >= 0.3 is 0 Å². The van der Waals surface area contributed by atoms with Crippen molar-refractivity contribution in [2.45, 2.75) is 33.1 Å². The van der Waals surface area contributed by atoms with Gasteiger partial charge in [-0.3, -0.25) is 14.9 Å². The number of aromatic amines is 1. The van der Waals surface area contributed by atoms with Gasteiger partial charge in [-0.15, -0.1) is 10.2 Å². The molecule has 4 rings (SSSR count). The molecule has 0 unspecified atom stereocenters. The highest BCUT2D eigenvalue weighted by Crippen LogP contribution is 2.36. The van der Waals surface area contributed by atoms with Gasteiger partial charge in [-0.1, -0.05) is 45.0 Å². The maximum Gasteiger partial charge on any atom is 0.299 e. The number of azo groups is 1. The van der Waals surface area contributed by atoms with Gasteiger partial charge < -0.3 is 5.11 Å². The molecule has 2 heterocycles. The highest BCUT2D eigenvalue weighted by molar-refractivity contribution is 5.73. The topological polar surface area (TPSA) is 95.6 Å². The molecule has 0 radical (unpaired) electrons. The van der Waals surface area contributed by atoms with E-state index in [1.54, 1.807) is 43.5 Å². The fraction of sp³-hybridized carbons (Fsp3) is 0.200. The van der Waals surface area contributed by atoms with Gasteiger partial charge in [-0.2, -0.15) is 0 Å². The van der Waals surface area contributed by atoms with Crippen molar-refractivity contribution in [1.29, 1.82) is 0 Å². The number of rotatable bonds is 4. The molecular weight excluding hydrogens is 402 g/mol. The summed E-state index contributed by atoms with van der Waals surface area (Å²) in [7, 11) is 0. The lowest BCUT2D eigenvalue weighted by atomic mass is 9.87. The van der Waals surface area contributed by atoms with Gasteiger partial charge in [-0.25, -0.2) is 4.68 Å². The van der Waals surface area contributed by atoms with Gasteiger partial charge in [0.15, 0.2) is 11.4 Å². The molecule has 0 bridgehead atoms. The Morgan fingerprint density at radius 2 is 1.72 bits per heavy atom. The van der Waals surface area contributed by atoms with E-state index >= 15 is 0 Å². The van der Waals surface area contributed by atoms with E-state index in [9.17, 15) is 9.90 Å². The zero-order valence-electron chi connectivity index (χ0n) is 18.5. The number of benzene rings is 2. The third-order valence-electron chi connectivity index (χ3n) is 5.25. The lowest BCUT2D eigenvalue weighted by Gasteiger charge is -2.19. The quantitative estimate of drug-likeness (QED) is 0.394. The van der Waals surface area contributed by atoms with Crippen LogP contribution in [0.2, 0.25) is 0 Å². The monoisotopic (exact) mass is 427 g/mol. The summed E-state index contributed by atoms with van der Waals surface area (Å²) >= 11 is 0. The average molecular weight is 428 g/mol. The average Bonchev–Trinajstić information content (AvgIpc) is 3.06. The molecule has 32 heavy (non-hydrogen) atoms. The van der Waals surface area contributed by atoms with Crippen LogP contribution in [0.5, 0.6) is 5.75 Å². The van der Waals surface area contributed by atoms with Crippen molar-refractivity contribution < 1.29 is 5.11 Å². The zero-order chi connectivity index (χ0) is 22.9. The smallest absolute Gasteiger partial charge is 0.299 e. The second-order valence-corrected chi connectivity index (χ2v) is 8.61. The van der Waals surface area contributed by atoms with Crippen molar-refractivity contribution >= 4 is 11.4 Å². The molecule has 0 aliphatic carbocycles. The highest BCUT2D eigenvalue weighted by atomic mass is 16.3. The first-order valence-corrected chi connectivity index (χ1v) is 10.3. The third-order valence-corrected chi connectivity index (χ3v) is 5.25. The fourth-order valence-corrected chi connectivity index (χ4v) is 3.39. The number of pyridine rings is 1. The van der Waals surface area contributed by atoms with Crippen molar-refractivity contribution in [1.82, 2.24) is 14.8 Å². The number of para-hydroxylation sites is 1. The first kappa shape index (κ1) is 21.2. The molecule has 0 spiro atoms. The summed E-state index contributed by atoms with van der Waals surface area (Å²) in [5.74, 6) is -0.0405. The number of hydrogen-bond acceptors (Lipinski definition) is 5. The largest absolute Gasteiger partial charge is 0.505 e. The molecule has 162 valence electrons. The van der Waals surface area contributed by atoms with Crippen LogP contribution < -0.4 is 5.56 Å². The summed E-state index contributed by atoms with van der Waals surface area (Å²) in [5, 5.41) is 22.0. The van der Waals surface area contributed by atoms with Crippen LogP contribution in [0.4, 0.5) is 11.4 Å². The summed E-state index contributed by atoms with van der Waals surface area (Å²) < 4.78 is 1.44. The van der Waals surface area contributed by atoms with E-state index in [-0.39, 0.29) is 28.1 Å². The summed E-state index contributed by atoms with van der Waals surface area (Å²) in [6.45, 7) is 8.19. The van der Waals surface area contributed by atoms with E-state index in [1.807, 2.05) is 30.3 Å². The first-order valence-electron chi connectivity index (χ1n) is 10.3. The lowest BCUT2D eigenvalue weighted by Crippen LogP contribution is -2.15. The van der Waals surface area contributed by atoms with Crippen LogP contribution in [0.25, 0.3) is 16.9 Å². The summed E-state index contributed by atoms with van der Waals surface area (Å²) in [6.07, 6.45) is 1.66. The van der Waals surface area contributed by atoms with Gasteiger partial charge in [0.2, 0.25) is 0 Å². The Balaban J connectivity index is 1.67. The molecular formula is C25H25N5O2. The number of nitrogens with one attached hydrogen (secondary N) is 1. The normalized spacial score (nSPS) is 11.9. The molecule has 2 N–H and O–H groups in total. The van der Waals surface area contributed by atoms with Crippen LogP contribution in [0.1, 0.15) is 32.0 Å². The van der Waals surface area contributed by atoms with Crippen molar-refractivity contribution in [3.63, 3.8) is 0 Å². The summed E-state index contributed by atoms with van der Waals surface area (Å²) in [4.78, 5) is 17.2. The maximum absolute atomic E-state index is 13.0. The van der Waals surface area contributed by atoms with Crippen LogP contribution in [0.3, 0.4) is 0 Å². The fourth-order valence-electron chi connectivity index (χ4n) is 3.39. The molecule has 0 saturated heterocycles. The second-order valence-electron chi connectivity index (χ2n) is 8.61. The second kappa shape index (κ2) is 8.26. The molecule has 0 aliphatic heterocycles. The maximum atomic E-state index is 13.0. The number of hydrogen-bond donors (Lipinski definition) is 2. The Morgan fingerprint density at radius 1 is 0.969 bits per heavy atom.